The Labute approximate surface area is 103 Å². The molecule has 2 unspecified atom stereocenters. The third kappa shape index (κ3) is 6.76. The van der Waals surface area contributed by atoms with Crippen LogP contribution in [0.1, 0.15) is 40.0 Å². The predicted octanol–water partition coefficient (Wildman–Crippen LogP) is 2.20. The highest BCUT2D eigenvalue weighted by molar-refractivity contribution is 5.83. The molecule has 17 heavy (non-hydrogen) atoms. The Morgan fingerprint density at radius 1 is 1.35 bits per heavy atom. The molecule has 0 aromatic carbocycles. The van der Waals surface area contributed by atoms with Gasteiger partial charge in [0.15, 0.2) is 0 Å². The molecule has 0 rings (SSSR count). The van der Waals surface area contributed by atoms with Crippen LogP contribution in [0.2, 0.25) is 0 Å². The van der Waals surface area contributed by atoms with Crippen LogP contribution in [0, 0.1) is 11.8 Å². The van der Waals surface area contributed by atoms with Gasteiger partial charge >= 0.3 is 5.97 Å². The molecule has 1 amide bonds. The molecule has 0 spiro atoms. The van der Waals surface area contributed by atoms with E-state index in [2.05, 4.69) is 11.9 Å². The van der Waals surface area contributed by atoms with Crippen molar-refractivity contribution in [3.05, 3.63) is 12.7 Å². The number of carboxylic acids is 1. The van der Waals surface area contributed by atoms with Crippen LogP contribution in [0.4, 0.5) is 0 Å². The molecule has 2 atom stereocenters. The zero-order valence-corrected chi connectivity index (χ0v) is 10.9. The number of hydrogen-bond donors (Lipinski definition) is 2. The summed E-state index contributed by atoms with van der Waals surface area (Å²) in [5.41, 5.74) is 0. The predicted molar refractivity (Wildman–Crippen MR) is 67.6 cm³/mol. The van der Waals surface area contributed by atoms with Gasteiger partial charge in [-0.05, 0) is 24.7 Å². The third-order valence-corrected chi connectivity index (χ3v) is 2.94. The van der Waals surface area contributed by atoms with Crippen molar-refractivity contribution in [2.45, 2.75) is 46.1 Å². The number of carbonyl (C=O) groups excluding carboxylic acids is 1. The summed E-state index contributed by atoms with van der Waals surface area (Å²) in [6.45, 7) is 9.62. The van der Waals surface area contributed by atoms with E-state index in [1.165, 1.54) is 0 Å². The molecule has 2 N–H and O–H groups in total. The van der Waals surface area contributed by atoms with Gasteiger partial charge in [-0.15, -0.1) is 6.58 Å². The van der Waals surface area contributed by atoms with Crippen LogP contribution in [0.15, 0.2) is 12.7 Å². The minimum atomic E-state index is -0.989. The molecule has 98 valence electrons. The lowest BCUT2D eigenvalue weighted by Gasteiger charge is -2.18. The Balaban J connectivity index is 4.21. The fourth-order valence-electron chi connectivity index (χ4n) is 1.32. The van der Waals surface area contributed by atoms with Crippen LogP contribution in [-0.2, 0) is 9.59 Å². The molecule has 0 saturated carbocycles. The van der Waals surface area contributed by atoms with Gasteiger partial charge in [-0.2, -0.15) is 0 Å². The molecular weight excluding hydrogens is 218 g/mol. The van der Waals surface area contributed by atoms with Crippen molar-refractivity contribution in [2.75, 3.05) is 0 Å². The van der Waals surface area contributed by atoms with E-state index in [9.17, 15) is 9.59 Å². The van der Waals surface area contributed by atoms with Crippen LogP contribution < -0.4 is 5.32 Å². The summed E-state index contributed by atoms with van der Waals surface area (Å²) in [4.78, 5) is 22.5. The molecule has 0 aliphatic carbocycles. The molecule has 4 nitrogen and oxygen atoms in total. The number of allylic oxidation sites excluding steroid dienone is 1. The summed E-state index contributed by atoms with van der Waals surface area (Å²) in [6, 6.07) is -0.806. The van der Waals surface area contributed by atoms with Crippen LogP contribution in [0.25, 0.3) is 0 Å². The second kappa shape index (κ2) is 7.87. The zero-order valence-electron chi connectivity index (χ0n) is 10.9. The smallest absolute Gasteiger partial charge is 0.326 e. The molecular formula is C13H23NO3. The van der Waals surface area contributed by atoms with Crippen molar-refractivity contribution < 1.29 is 14.7 Å². The van der Waals surface area contributed by atoms with Crippen molar-refractivity contribution in [3.63, 3.8) is 0 Å². The van der Waals surface area contributed by atoms with Gasteiger partial charge in [0.05, 0.1) is 0 Å². The van der Waals surface area contributed by atoms with Crippen molar-refractivity contribution in [1.82, 2.24) is 5.32 Å². The van der Waals surface area contributed by atoms with Crippen molar-refractivity contribution in [1.29, 1.82) is 0 Å². The number of rotatable bonds is 8. The number of hydrogen-bond acceptors (Lipinski definition) is 2. The maximum atomic E-state index is 11.6. The monoisotopic (exact) mass is 241 g/mol. The maximum Gasteiger partial charge on any atom is 0.326 e. The molecule has 0 heterocycles. The SMILES string of the molecule is C=CCCC(NC(=O)CC(C)C(C)C)C(=O)O. The van der Waals surface area contributed by atoms with Gasteiger partial charge in [0.25, 0.3) is 0 Å². The summed E-state index contributed by atoms with van der Waals surface area (Å²) in [5, 5.41) is 11.5. The largest absolute Gasteiger partial charge is 0.480 e. The summed E-state index contributed by atoms with van der Waals surface area (Å²) in [6.07, 6.45) is 2.99. The summed E-state index contributed by atoms with van der Waals surface area (Å²) >= 11 is 0. The Bertz CT molecular complexity index is 274. The topological polar surface area (TPSA) is 66.4 Å². The standard InChI is InChI=1S/C13H23NO3/c1-5-6-7-11(13(16)17)14-12(15)8-10(4)9(2)3/h5,9-11H,1,6-8H2,2-4H3,(H,14,15)(H,16,17). The Kier molecular flexibility index (Phi) is 7.26. The van der Waals surface area contributed by atoms with Crippen molar-refractivity contribution in [2.24, 2.45) is 11.8 Å². The Morgan fingerprint density at radius 3 is 2.35 bits per heavy atom. The first-order valence-corrected chi connectivity index (χ1v) is 6.01. The van der Waals surface area contributed by atoms with Gasteiger partial charge in [-0.1, -0.05) is 26.8 Å². The second-order valence-electron chi connectivity index (χ2n) is 4.75. The van der Waals surface area contributed by atoms with E-state index in [0.717, 1.165) is 0 Å². The first-order chi connectivity index (χ1) is 7.88. The molecule has 0 radical (unpaired) electrons. The van der Waals surface area contributed by atoms with Gasteiger partial charge in [0.2, 0.25) is 5.91 Å². The highest BCUT2D eigenvalue weighted by atomic mass is 16.4. The molecule has 0 aromatic rings. The van der Waals surface area contributed by atoms with E-state index in [0.29, 0.717) is 25.2 Å². The summed E-state index contributed by atoms with van der Waals surface area (Å²) in [7, 11) is 0. The zero-order chi connectivity index (χ0) is 13.4. The minimum Gasteiger partial charge on any atom is -0.480 e. The number of nitrogens with one attached hydrogen (secondary N) is 1. The summed E-state index contributed by atoms with van der Waals surface area (Å²) in [5.74, 6) is -0.513. The molecule has 0 aromatic heterocycles. The van der Waals surface area contributed by atoms with Crippen LogP contribution >= 0.6 is 0 Å². The van der Waals surface area contributed by atoms with Crippen molar-refractivity contribution >= 4 is 11.9 Å². The van der Waals surface area contributed by atoms with E-state index < -0.39 is 12.0 Å². The van der Waals surface area contributed by atoms with E-state index >= 15 is 0 Å². The average Bonchev–Trinajstić information content (AvgIpc) is 2.23. The highest BCUT2D eigenvalue weighted by Gasteiger charge is 2.20. The van der Waals surface area contributed by atoms with Gasteiger partial charge in [-0.25, -0.2) is 4.79 Å². The minimum absolute atomic E-state index is 0.192. The molecule has 0 saturated heterocycles. The number of carboxylic acid groups (broad SMARTS) is 1. The van der Waals surface area contributed by atoms with Crippen LogP contribution in [0.5, 0.6) is 0 Å². The highest BCUT2D eigenvalue weighted by Crippen LogP contribution is 2.13. The normalized spacial score (nSPS) is 14.1. The van der Waals surface area contributed by atoms with Gasteiger partial charge in [0.1, 0.15) is 6.04 Å². The van der Waals surface area contributed by atoms with Crippen molar-refractivity contribution in [3.8, 4) is 0 Å². The van der Waals surface area contributed by atoms with Crippen LogP contribution in [-0.4, -0.2) is 23.0 Å². The van der Waals surface area contributed by atoms with Gasteiger partial charge in [-0.3, -0.25) is 4.79 Å². The first kappa shape index (κ1) is 15.7. The molecule has 0 bridgehead atoms. The Hall–Kier alpha value is -1.32. The number of amides is 1. The number of aliphatic carboxylic acids is 1. The van der Waals surface area contributed by atoms with E-state index in [1.54, 1.807) is 6.08 Å². The number of carbonyl (C=O) groups is 2. The quantitative estimate of drug-likeness (QED) is 0.640. The van der Waals surface area contributed by atoms with Gasteiger partial charge < -0.3 is 10.4 Å². The van der Waals surface area contributed by atoms with E-state index in [-0.39, 0.29) is 11.8 Å². The van der Waals surface area contributed by atoms with Gasteiger partial charge in [0, 0.05) is 6.42 Å². The third-order valence-electron chi connectivity index (χ3n) is 2.94. The fourth-order valence-corrected chi connectivity index (χ4v) is 1.32. The van der Waals surface area contributed by atoms with Crippen LogP contribution in [0.3, 0.4) is 0 Å². The van der Waals surface area contributed by atoms with E-state index in [4.69, 9.17) is 5.11 Å². The average molecular weight is 241 g/mol. The lowest BCUT2D eigenvalue weighted by atomic mass is 9.94. The Morgan fingerprint density at radius 2 is 1.94 bits per heavy atom. The molecule has 0 aliphatic heterocycles. The molecule has 4 heteroatoms. The second-order valence-corrected chi connectivity index (χ2v) is 4.75. The lowest BCUT2D eigenvalue weighted by molar-refractivity contribution is -0.142. The molecule has 0 aliphatic rings. The first-order valence-electron chi connectivity index (χ1n) is 6.01. The fraction of sp³-hybridized carbons (Fsp3) is 0.692. The summed E-state index contributed by atoms with van der Waals surface area (Å²) < 4.78 is 0. The lowest BCUT2D eigenvalue weighted by Crippen LogP contribution is -2.41. The maximum absolute atomic E-state index is 11.6. The molecule has 0 fully saturated rings. The van der Waals surface area contributed by atoms with E-state index in [1.807, 2.05) is 20.8 Å².